The lowest BCUT2D eigenvalue weighted by Crippen LogP contribution is -2.36. The minimum atomic E-state index is 0.607. The first-order chi connectivity index (χ1) is 8.30. The lowest BCUT2D eigenvalue weighted by atomic mass is 10.3. The summed E-state index contributed by atoms with van der Waals surface area (Å²) in [5.74, 6) is 6.02. The average Bonchev–Trinajstić information content (AvgIpc) is 2.38. The highest BCUT2D eigenvalue weighted by molar-refractivity contribution is 7.98. The summed E-state index contributed by atoms with van der Waals surface area (Å²) in [5.41, 5.74) is 3.55. The summed E-state index contributed by atoms with van der Waals surface area (Å²) in [6, 6.07) is 8.15. The number of hydrazine groups is 1. The van der Waals surface area contributed by atoms with E-state index in [1.54, 1.807) is 11.8 Å². The molecule has 0 aliphatic heterocycles. The van der Waals surface area contributed by atoms with Crippen molar-refractivity contribution in [3.05, 3.63) is 24.3 Å². The Hall–Kier alpha value is -1.20. The van der Waals surface area contributed by atoms with Crippen LogP contribution >= 0.6 is 11.8 Å². The third-order valence-electron chi connectivity index (χ3n) is 2.27. The summed E-state index contributed by atoms with van der Waals surface area (Å²) in [5, 5.41) is 3.14. The van der Waals surface area contributed by atoms with Crippen molar-refractivity contribution in [3.63, 3.8) is 0 Å². The zero-order chi connectivity index (χ0) is 12.5. The fraction of sp³-hybridized carbons (Fsp3) is 0.417. The van der Waals surface area contributed by atoms with E-state index >= 15 is 0 Å². The van der Waals surface area contributed by atoms with Crippen LogP contribution in [0, 0.1) is 0 Å². The molecular weight excluding hydrogens is 232 g/mol. The molecule has 0 aliphatic carbocycles. The number of anilines is 1. The van der Waals surface area contributed by atoms with Crippen LogP contribution in [0.15, 0.2) is 34.2 Å². The number of hydrogen-bond donors (Lipinski definition) is 3. The van der Waals surface area contributed by atoms with Crippen molar-refractivity contribution in [1.82, 2.24) is 5.43 Å². The summed E-state index contributed by atoms with van der Waals surface area (Å²) >= 11 is 1.72. The molecule has 0 heterocycles. The molecule has 0 radical (unpaired) electrons. The lowest BCUT2D eigenvalue weighted by molar-refractivity contribution is 0.801. The van der Waals surface area contributed by atoms with Crippen molar-refractivity contribution < 1.29 is 0 Å². The molecule has 0 saturated heterocycles. The summed E-state index contributed by atoms with van der Waals surface area (Å²) in [7, 11) is 0. The summed E-state index contributed by atoms with van der Waals surface area (Å²) < 4.78 is 0. The van der Waals surface area contributed by atoms with Gasteiger partial charge in [0.05, 0.1) is 0 Å². The van der Waals surface area contributed by atoms with Crippen LogP contribution in [0.3, 0.4) is 0 Å². The van der Waals surface area contributed by atoms with Crippen molar-refractivity contribution in [2.45, 2.75) is 24.7 Å². The maximum Gasteiger partial charge on any atom is 0.210 e. The Morgan fingerprint density at radius 3 is 2.59 bits per heavy atom. The van der Waals surface area contributed by atoms with Gasteiger partial charge in [0.1, 0.15) is 0 Å². The molecule has 1 aromatic rings. The van der Waals surface area contributed by atoms with E-state index in [0.717, 1.165) is 25.1 Å². The lowest BCUT2D eigenvalue weighted by Gasteiger charge is -2.09. The van der Waals surface area contributed by atoms with Crippen LogP contribution in [0.25, 0.3) is 0 Å². The van der Waals surface area contributed by atoms with E-state index in [0.29, 0.717) is 5.96 Å². The number of benzene rings is 1. The molecule has 4 nitrogen and oxygen atoms in total. The van der Waals surface area contributed by atoms with Gasteiger partial charge in [0.25, 0.3) is 0 Å². The van der Waals surface area contributed by atoms with Crippen molar-refractivity contribution in [2.75, 3.05) is 18.1 Å². The maximum atomic E-state index is 5.41. The second-order valence-electron chi connectivity index (χ2n) is 3.58. The van der Waals surface area contributed by atoms with Crippen LogP contribution in [0.4, 0.5) is 5.69 Å². The van der Waals surface area contributed by atoms with Gasteiger partial charge >= 0.3 is 0 Å². The monoisotopic (exact) mass is 252 g/mol. The second kappa shape index (κ2) is 7.97. The van der Waals surface area contributed by atoms with Gasteiger partial charge in [0, 0.05) is 17.1 Å². The Labute approximate surface area is 107 Å². The predicted molar refractivity (Wildman–Crippen MR) is 76.4 cm³/mol. The molecular formula is C12H20N4S. The molecule has 4 N–H and O–H groups in total. The number of unbranched alkanes of at least 4 members (excludes halogenated alkanes) is 1. The Balaban J connectivity index is 2.57. The highest BCUT2D eigenvalue weighted by Gasteiger charge is 1.97. The molecule has 1 rings (SSSR count). The smallest absolute Gasteiger partial charge is 0.210 e. The van der Waals surface area contributed by atoms with Crippen molar-refractivity contribution in [1.29, 1.82) is 0 Å². The molecule has 0 aliphatic rings. The van der Waals surface area contributed by atoms with E-state index in [2.05, 4.69) is 41.0 Å². The van der Waals surface area contributed by atoms with Gasteiger partial charge < -0.3 is 5.32 Å². The van der Waals surface area contributed by atoms with E-state index in [-0.39, 0.29) is 0 Å². The number of aliphatic imine (C=N–C) groups is 1. The maximum absolute atomic E-state index is 5.41. The molecule has 17 heavy (non-hydrogen) atoms. The first-order valence-corrected chi connectivity index (χ1v) is 6.94. The molecule has 5 heteroatoms. The molecule has 0 amide bonds. The van der Waals surface area contributed by atoms with Crippen LogP contribution in [-0.4, -0.2) is 18.8 Å². The SMILES string of the molecule is CCCCN=C(NN)Nc1ccc(SC)cc1. The fourth-order valence-corrected chi connectivity index (χ4v) is 1.69. The fourth-order valence-electron chi connectivity index (χ4n) is 1.28. The van der Waals surface area contributed by atoms with E-state index < -0.39 is 0 Å². The van der Waals surface area contributed by atoms with E-state index in [9.17, 15) is 0 Å². The van der Waals surface area contributed by atoms with Gasteiger partial charge in [0.2, 0.25) is 5.96 Å². The number of nitrogens with one attached hydrogen (secondary N) is 2. The van der Waals surface area contributed by atoms with Crippen LogP contribution in [0.5, 0.6) is 0 Å². The van der Waals surface area contributed by atoms with E-state index in [1.807, 2.05) is 12.1 Å². The van der Waals surface area contributed by atoms with Crippen LogP contribution < -0.4 is 16.6 Å². The second-order valence-corrected chi connectivity index (χ2v) is 4.46. The van der Waals surface area contributed by atoms with Gasteiger partial charge in [-0.3, -0.25) is 10.4 Å². The normalized spacial score (nSPS) is 11.4. The topological polar surface area (TPSA) is 62.4 Å². The summed E-state index contributed by atoms with van der Waals surface area (Å²) in [4.78, 5) is 5.57. The highest BCUT2D eigenvalue weighted by atomic mass is 32.2. The number of guanidine groups is 1. The van der Waals surface area contributed by atoms with E-state index in [4.69, 9.17) is 5.84 Å². The Kier molecular flexibility index (Phi) is 6.50. The molecule has 0 saturated carbocycles. The zero-order valence-electron chi connectivity index (χ0n) is 10.4. The number of nitrogens with two attached hydrogens (primary N) is 1. The van der Waals surface area contributed by atoms with Crippen LogP contribution in [0.1, 0.15) is 19.8 Å². The molecule has 0 aromatic heterocycles. The van der Waals surface area contributed by atoms with Gasteiger partial charge in [-0.1, -0.05) is 13.3 Å². The first kappa shape index (κ1) is 13.9. The predicted octanol–water partition coefficient (Wildman–Crippen LogP) is 2.44. The van der Waals surface area contributed by atoms with Crippen molar-refractivity contribution in [2.24, 2.45) is 10.8 Å². The van der Waals surface area contributed by atoms with Gasteiger partial charge in [-0.25, -0.2) is 5.84 Å². The average molecular weight is 252 g/mol. The molecule has 0 spiro atoms. The quantitative estimate of drug-likeness (QED) is 0.188. The summed E-state index contributed by atoms with van der Waals surface area (Å²) in [6.07, 6.45) is 4.25. The number of nitrogens with zero attached hydrogens (tertiary/aromatic N) is 1. The minimum Gasteiger partial charge on any atom is -0.325 e. The van der Waals surface area contributed by atoms with Gasteiger partial charge in [-0.15, -0.1) is 11.8 Å². The first-order valence-electron chi connectivity index (χ1n) is 5.72. The number of rotatable bonds is 5. The van der Waals surface area contributed by atoms with Gasteiger partial charge in [0.15, 0.2) is 0 Å². The Bertz CT molecular complexity index is 348. The molecule has 0 unspecified atom stereocenters. The van der Waals surface area contributed by atoms with E-state index in [1.165, 1.54) is 4.90 Å². The third kappa shape index (κ3) is 5.10. The molecule has 94 valence electrons. The zero-order valence-corrected chi connectivity index (χ0v) is 11.2. The van der Waals surface area contributed by atoms with Crippen molar-refractivity contribution in [3.8, 4) is 0 Å². The largest absolute Gasteiger partial charge is 0.325 e. The third-order valence-corrected chi connectivity index (χ3v) is 3.01. The number of hydrogen-bond acceptors (Lipinski definition) is 3. The molecule has 1 aromatic carbocycles. The van der Waals surface area contributed by atoms with Gasteiger partial charge in [-0.05, 0) is 36.9 Å². The molecule has 0 fully saturated rings. The molecule has 0 atom stereocenters. The Morgan fingerprint density at radius 1 is 1.35 bits per heavy atom. The highest BCUT2D eigenvalue weighted by Crippen LogP contribution is 2.17. The standard InChI is InChI=1S/C12H20N4S/c1-3-4-9-14-12(16-13)15-10-5-7-11(17-2)8-6-10/h5-8H,3-4,9,13H2,1-2H3,(H2,14,15,16). The minimum absolute atomic E-state index is 0.607. The van der Waals surface area contributed by atoms with Gasteiger partial charge in [-0.2, -0.15) is 0 Å². The van der Waals surface area contributed by atoms with Crippen LogP contribution in [0.2, 0.25) is 0 Å². The number of thioether (sulfide) groups is 1. The Morgan fingerprint density at radius 2 is 2.06 bits per heavy atom. The summed E-state index contributed by atoms with van der Waals surface area (Å²) in [6.45, 7) is 2.92. The molecule has 0 bridgehead atoms. The van der Waals surface area contributed by atoms with Crippen molar-refractivity contribution >= 4 is 23.4 Å². The van der Waals surface area contributed by atoms with Crippen LogP contribution in [-0.2, 0) is 0 Å².